The number of carbonyl (C=O) groups is 1. The highest BCUT2D eigenvalue weighted by atomic mass is 19.4. The van der Waals surface area contributed by atoms with Gasteiger partial charge in [-0.25, -0.2) is 4.98 Å². The molecule has 8 heteroatoms. The molecule has 0 fully saturated rings. The van der Waals surface area contributed by atoms with E-state index in [1.807, 2.05) is 34.9 Å². The molecule has 3 rings (SSSR count). The Kier molecular flexibility index (Phi) is 3.85. The van der Waals surface area contributed by atoms with Crippen LogP contribution in [-0.4, -0.2) is 44.3 Å². The molecule has 1 unspecified atom stereocenters. The molecule has 1 N–H and O–H groups in total. The number of aliphatic hydroxyl groups excluding tert-OH is 1. The third-order valence-corrected chi connectivity index (χ3v) is 3.77. The average molecular weight is 325 g/mol. The van der Waals surface area contributed by atoms with E-state index in [4.69, 9.17) is 5.11 Å². The predicted octanol–water partition coefficient (Wildman–Crippen LogP) is 1.82. The van der Waals surface area contributed by atoms with Crippen LogP contribution in [0.2, 0.25) is 0 Å². The fourth-order valence-corrected chi connectivity index (χ4v) is 2.60. The molecule has 0 saturated carbocycles. The molecule has 1 aliphatic rings. The molecule has 0 spiro atoms. The SMILES string of the molecule is O=C(C(O)C(F)(F)F)N1CCn2c(cnc2-c2ccccc2)C1. The summed E-state index contributed by atoms with van der Waals surface area (Å²) < 4.78 is 39.3. The summed E-state index contributed by atoms with van der Waals surface area (Å²) in [5.74, 6) is -0.615. The molecular formula is C15H14F3N3O2. The lowest BCUT2D eigenvalue weighted by Crippen LogP contribution is -2.48. The molecule has 0 aliphatic carbocycles. The van der Waals surface area contributed by atoms with E-state index >= 15 is 0 Å². The van der Waals surface area contributed by atoms with Crippen molar-refractivity contribution in [1.29, 1.82) is 0 Å². The maximum Gasteiger partial charge on any atom is 0.423 e. The number of carbonyl (C=O) groups excluding carboxylic acids is 1. The standard InChI is InChI=1S/C15H14F3N3O2/c16-15(17,18)12(22)14(23)20-6-7-21-11(9-20)8-19-13(21)10-4-2-1-3-5-10/h1-5,8,12,22H,6-7,9H2. The molecule has 1 aromatic heterocycles. The minimum Gasteiger partial charge on any atom is -0.376 e. The third kappa shape index (κ3) is 2.94. The molecule has 0 radical (unpaired) electrons. The van der Waals surface area contributed by atoms with Crippen molar-refractivity contribution in [3.05, 3.63) is 42.2 Å². The summed E-state index contributed by atoms with van der Waals surface area (Å²) in [6.07, 6.45) is -6.39. The number of nitrogens with zero attached hydrogens (tertiary/aromatic N) is 3. The van der Waals surface area contributed by atoms with Gasteiger partial charge in [-0.05, 0) is 0 Å². The van der Waals surface area contributed by atoms with Crippen LogP contribution >= 0.6 is 0 Å². The summed E-state index contributed by atoms with van der Waals surface area (Å²) >= 11 is 0. The maximum absolute atomic E-state index is 12.5. The number of halogens is 3. The lowest BCUT2D eigenvalue weighted by Gasteiger charge is -2.30. The van der Waals surface area contributed by atoms with Crippen LogP contribution in [-0.2, 0) is 17.9 Å². The van der Waals surface area contributed by atoms with E-state index in [1.165, 1.54) is 0 Å². The molecule has 2 heterocycles. The van der Waals surface area contributed by atoms with Crippen molar-refractivity contribution >= 4 is 5.91 Å². The predicted molar refractivity (Wildman–Crippen MR) is 75.1 cm³/mol. The second-order valence-electron chi connectivity index (χ2n) is 5.29. The first kappa shape index (κ1) is 15.5. The molecular weight excluding hydrogens is 311 g/mol. The smallest absolute Gasteiger partial charge is 0.376 e. The molecule has 2 aromatic rings. The number of imidazole rings is 1. The summed E-state index contributed by atoms with van der Waals surface area (Å²) in [7, 11) is 0. The van der Waals surface area contributed by atoms with E-state index < -0.39 is 18.2 Å². The van der Waals surface area contributed by atoms with E-state index in [0.29, 0.717) is 18.1 Å². The summed E-state index contributed by atoms with van der Waals surface area (Å²) in [6.45, 7) is 0.414. The molecule has 23 heavy (non-hydrogen) atoms. The maximum atomic E-state index is 12.5. The van der Waals surface area contributed by atoms with Crippen molar-refractivity contribution in [2.45, 2.75) is 25.4 Å². The molecule has 0 bridgehead atoms. The van der Waals surface area contributed by atoms with Gasteiger partial charge < -0.3 is 14.6 Å². The lowest BCUT2D eigenvalue weighted by molar-refractivity contribution is -0.211. The van der Waals surface area contributed by atoms with Crippen LogP contribution in [0.1, 0.15) is 5.69 Å². The van der Waals surface area contributed by atoms with Gasteiger partial charge in [-0.15, -0.1) is 0 Å². The summed E-state index contributed by atoms with van der Waals surface area (Å²) in [5, 5.41) is 9.10. The topological polar surface area (TPSA) is 58.4 Å². The first-order chi connectivity index (χ1) is 10.9. The quantitative estimate of drug-likeness (QED) is 0.916. The molecule has 0 saturated heterocycles. The van der Waals surface area contributed by atoms with Gasteiger partial charge in [0.2, 0.25) is 6.10 Å². The van der Waals surface area contributed by atoms with E-state index in [2.05, 4.69) is 4.98 Å². The summed E-state index contributed by atoms with van der Waals surface area (Å²) in [4.78, 5) is 17.1. The zero-order valence-electron chi connectivity index (χ0n) is 12.0. The fraction of sp³-hybridized carbons (Fsp3) is 0.333. The van der Waals surface area contributed by atoms with E-state index in [-0.39, 0.29) is 13.1 Å². The minimum atomic E-state index is -4.95. The van der Waals surface area contributed by atoms with Crippen molar-refractivity contribution in [3.63, 3.8) is 0 Å². The Balaban J connectivity index is 1.81. The number of aliphatic hydroxyl groups is 1. The number of fused-ring (bicyclic) bond motifs is 1. The van der Waals surface area contributed by atoms with Crippen LogP contribution in [0.25, 0.3) is 11.4 Å². The zero-order valence-corrected chi connectivity index (χ0v) is 12.0. The molecule has 1 amide bonds. The monoisotopic (exact) mass is 325 g/mol. The van der Waals surface area contributed by atoms with Gasteiger partial charge in [0.05, 0.1) is 18.4 Å². The van der Waals surface area contributed by atoms with Crippen LogP contribution in [0.5, 0.6) is 0 Å². The number of benzene rings is 1. The number of hydrogen-bond donors (Lipinski definition) is 1. The zero-order chi connectivity index (χ0) is 16.6. The van der Waals surface area contributed by atoms with Gasteiger partial charge in [0.1, 0.15) is 5.82 Å². The Morgan fingerprint density at radius 1 is 1.22 bits per heavy atom. The number of amides is 1. The number of hydrogen-bond acceptors (Lipinski definition) is 3. The highest BCUT2D eigenvalue weighted by molar-refractivity contribution is 5.81. The Bertz CT molecular complexity index is 713. The largest absolute Gasteiger partial charge is 0.423 e. The Labute approximate surface area is 130 Å². The highest BCUT2D eigenvalue weighted by Gasteiger charge is 2.45. The van der Waals surface area contributed by atoms with Crippen LogP contribution < -0.4 is 0 Å². The Hall–Kier alpha value is -2.35. The Morgan fingerprint density at radius 2 is 1.91 bits per heavy atom. The number of rotatable bonds is 2. The van der Waals surface area contributed by atoms with Gasteiger partial charge in [0.25, 0.3) is 5.91 Å². The lowest BCUT2D eigenvalue weighted by atomic mass is 10.2. The van der Waals surface area contributed by atoms with Crippen LogP contribution in [0.3, 0.4) is 0 Å². The van der Waals surface area contributed by atoms with Crippen molar-refractivity contribution in [2.75, 3.05) is 6.54 Å². The molecule has 5 nitrogen and oxygen atoms in total. The van der Waals surface area contributed by atoms with Gasteiger partial charge in [0, 0.05) is 18.7 Å². The van der Waals surface area contributed by atoms with Crippen LogP contribution in [0.4, 0.5) is 13.2 Å². The van der Waals surface area contributed by atoms with Crippen molar-refractivity contribution < 1.29 is 23.1 Å². The Morgan fingerprint density at radius 3 is 2.57 bits per heavy atom. The molecule has 1 aliphatic heterocycles. The van der Waals surface area contributed by atoms with Gasteiger partial charge in [0.15, 0.2) is 0 Å². The minimum absolute atomic E-state index is 0.00813. The van der Waals surface area contributed by atoms with Crippen molar-refractivity contribution in [1.82, 2.24) is 14.5 Å². The van der Waals surface area contributed by atoms with E-state index in [9.17, 15) is 18.0 Å². The van der Waals surface area contributed by atoms with E-state index in [1.54, 1.807) is 6.20 Å². The van der Waals surface area contributed by atoms with Gasteiger partial charge >= 0.3 is 6.18 Å². The first-order valence-electron chi connectivity index (χ1n) is 7.01. The molecule has 122 valence electrons. The van der Waals surface area contributed by atoms with Gasteiger partial charge in [-0.3, -0.25) is 4.79 Å². The number of alkyl halides is 3. The molecule has 1 atom stereocenters. The first-order valence-corrected chi connectivity index (χ1v) is 7.01. The van der Waals surface area contributed by atoms with Crippen molar-refractivity contribution in [3.8, 4) is 11.4 Å². The summed E-state index contributed by atoms with van der Waals surface area (Å²) in [5.41, 5.74) is 1.53. The van der Waals surface area contributed by atoms with Crippen LogP contribution in [0.15, 0.2) is 36.5 Å². The normalized spacial score (nSPS) is 16.1. The second-order valence-corrected chi connectivity index (χ2v) is 5.29. The van der Waals surface area contributed by atoms with E-state index in [0.717, 1.165) is 10.5 Å². The second kappa shape index (κ2) is 5.69. The fourth-order valence-electron chi connectivity index (χ4n) is 2.60. The third-order valence-electron chi connectivity index (χ3n) is 3.77. The highest BCUT2D eigenvalue weighted by Crippen LogP contribution is 2.26. The van der Waals surface area contributed by atoms with Crippen LogP contribution in [0, 0.1) is 0 Å². The number of aromatic nitrogens is 2. The average Bonchev–Trinajstić information content (AvgIpc) is 2.96. The summed E-state index contributed by atoms with van der Waals surface area (Å²) in [6, 6.07) is 9.40. The van der Waals surface area contributed by atoms with Crippen molar-refractivity contribution in [2.24, 2.45) is 0 Å². The molecule has 1 aromatic carbocycles. The van der Waals surface area contributed by atoms with Gasteiger partial charge in [-0.1, -0.05) is 30.3 Å². The van der Waals surface area contributed by atoms with Gasteiger partial charge in [-0.2, -0.15) is 13.2 Å².